The van der Waals surface area contributed by atoms with E-state index in [4.69, 9.17) is 14.2 Å². The van der Waals surface area contributed by atoms with Gasteiger partial charge in [0.2, 0.25) is 0 Å². The molecule has 0 radical (unpaired) electrons. The molecular formula is C21H28N2O5. The lowest BCUT2D eigenvalue weighted by atomic mass is 9.94. The number of carbonyl (C=O) groups excluding carboxylic acids is 2. The fraction of sp³-hybridized carbons (Fsp3) is 0.524. The Morgan fingerprint density at radius 2 is 1.79 bits per heavy atom. The molecule has 1 atom stereocenters. The number of hydrogen-bond donors (Lipinski definition) is 2. The zero-order valence-electron chi connectivity index (χ0n) is 16.7. The number of carbonyl (C=O) groups is 2. The van der Waals surface area contributed by atoms with Crippen molar-refractivity contribution in [3.05, 3.63) is 35.0 Å². The van der Waals surface area contributed by atoms with Crippen molar-refractivity contribution in [3.8, 4) is 11.5 Å². The molecule has 0 saturated heterocycles. The van der Waals surface area contributed by atoms with Crippen molar-refractivity contribution < 1.29 is 23.8 Å². The van der Waals surface area contributed by atoms with Gasteiger partial charge in [-0.05, 0) is 50.8 Å². The number of rotatable bonds is 5. The van der Waals surface area contributed by atoms with Crippen molar-refractivity contribution in [1.82, 2.24) is 10.6 Å². The Kier molecular flexibility index (Phi) is 6.44. The average molecular weight is 388 g/mol. The lowest BCUT2D eigenvalue weighted by Crippen LogP contribution is -2.45. The zero-order valence-corrected chi connectivity index (χ0v) is 16.7. The van der Waals surface area contributed by atoms with E-state index in [0.29, 0.717) is 28.3 Å². The quantitative estimate of drug-likeness (QED) is 0.595. The SMILES string of the molecule is COc1ccc(OC)c([C@H]2NC(=O)NC(C)=C2C(=O)OC2CCCCCC2)c1. The van der Waals surface area contributed by atoms with Gasteiger partial charge < -0.3 is 24.8 Å². The number of benzene rings is 1. The summed E-state index contributed by atoms with van der Waals surface area (Å²) in [7, 11) is 3.11. The van der Waals surface area contributed by atoms with Crippen LogP contribution in [0.15, 0.2) is 29.5 Å². The zero-order chi connectivity index (χ0) is 20.1. The number of esters is 1. The van der Waals surface area contributed by atoms with Crippen LogP contribution < -0.4 is 20.1 Å². The predicted molar refractivity (Wildman–Crippen MR) is 104 cm³/mol. The van der Waals surface area contributed by atoms with Gasteiger partial charge in [-0.1, -0.05) is 12.8 Å². The number of amides is 2. The summed E-state index contributed by atoms with van der Waals surface area (Å²) in [5.41, 5.74) is 1.51. The molecule has 7 nitrogen and oxygen atoms in total. The summed E-state index contributed by atoms with van der Waals surface area (Å²) < 4.78 is 16.6. The Bertz CT molecular complexity index is 766. The molecule has 2 N–H and O–H groups in total. The molecule has 0 aromatic heterocycles. The van der Waals surface area contributed by atoms with Crippen molar-refractivity contribution in [2.75, 3.05) is 14.2 Å². The van der Waals surface area contributed by atoms with Gasteiger partial charge in [0.25, 0.3) is 0 Å². The second kappa shape index (κ2) is 8.99. The molecule has 1 heterocycles. The van der Waals surface area contributed by atoms with E-state index in [9.17, 15) is 9.59 Å². The van der Waals surface area contributed by atoms with Crippen LogP contribution in [0.1, 0.15) is 57.1 Å². The van der Waals surface area contributed by atoms with Crippen LogP contribution in [0.3, 0.4) is 0 Å². The molecule has 28 heavy (non-hydrogen) atoms. The third-order valence-corrected chi connectivity index (χ3v) is 5.31. The number of allylic oxidation sites excluding steroid dienone is 1. The molecule has 1 aromatic carbocycles. The molecule has 1 aromatic rings. The van der Waals surface area contributed by atoms with E-state index in [0.717, 1.165) is 25.7 Å². The van der Waals surface area contributed by atoms with Crippen LogP contribution in [0.25, 0.3) is 0 Å². The molecule has 7 heteroatoms. The molecule has 0 bridgehead atoms. The van der Waals surface area contributed by atoms with Crippen LogP contribution in [0, 0.1) is 0 Å². The standard InChI is InChI=1S/C21H28N2O5/c1-13-18(20(24)28-14-8-6-4-5-7-9-14)19(23-21(25)22-13)16-12-15(26-2)10-11-17(16)27-3/h10-12,14,19H,4-9H2,1-3H3,(H2,22,23,25)/t19-/m1/s1. The van der Waals surface area contributed by atoms with Gasteiger partial charge in [-0.3, -0.25) is 0 Å². The minimum Gasteiger partial charge on any atom is -0.497 e. The summed E-state index contributed by atoms with van der Waals surface area (Å²) >= 11 is 0. The summed E-state index contributed by atoms with van der Waals surface area (Å²) in [6.45, 7) is 1.71. The van der Waals surface area contributed by atoms with Gasteiger partial charge in [-0.15, -0.1) is 0 Å². The maximum atomic E-state index is 13.1. The Labute approximate surface area is 165 Å². The Balaban J connectivity index is 1.93. The largest absolute Gasteiger partial charge is 0.497 e. The van der Waals surface area contributed by atoms with Crippen LogP contribution in [-0.2, 0) is 9.53 Å². The maximum absolute atomic E-state index is 13.1. The maximum Gasteiger partial charge on any atom is 0.338 e. The molecule has 1 saturated carbocycles. The molecule has 1 aliphatic heterocycles. The van der Waals surface area contributed by atoms with Crippen molar-refractivity contribution >= 4 is 12.0 Å². The Morgan fingerprint density at radius 1 is 1.07 bits per heavy atom. The highest BCUT2D eigenvalue weighted by molar-refractivity contribution is 5.95. The lowest BCUT2D eigenvalue weighted by Gasteiger charge is -2.30. The summed E-state index contributed by atoms with van der Waals surface area (Å²) in [4.78, 5) is 25.2. The highest BCUT2D eigenvalue weighted by Crippen LogP contribution is 2.36. The minimum atomic E-state index is -0.683. The summed E-state index contributed by atoms with van der Waals surface area (Å²) in [5.74, 6) is 0.755. The molecule has 3 rings (SSSR count). The van der Waals surface area contributed by atoms with Crippen molar-refractivity contribution in [1.29, 1.82) is 0 Å². The van der Waals surface area contributed by atoms with E-state index in [1.165, 1.54) is 12.8 Å². The Morgan fingerprint density at radius 3 is 2.43 bits per heavy atom. The van der Waals surface area contributed by atoms with Gasteiger partial charge in [0, 0.05) is 11.3 Å². The number of nitrogens with one attached hydrogen (secondary N) is 2. The van der Waals surface area contributed by atoms with Crippen molar-refractivity contribution in [3.63, 3.8) is 0 Å². The van der Waals surface area contributed by atoms with Gasteiger partial charge in [0.1, 0.15) is 17.6 Å². The smallest absolute Gasteiger partial charge is 0.338 e. The fourth-order valence-electron chi connectivity index (χ4n) is 3.84. The first-order valence-corrected chi connectivity index (χ1v) is 9.74. The normalized spacial score (nSPS) is 20.7. The molecular weight excluding hydrogens is 360 g/mol. The number of hydrogen-bond acceptors (Lipinski definition) is 5. The predicted octanol–water partition coefficient (Wildman–Crippen LogP) is 3.60. The highest BCUT2D eigenvalue weighted by atomic mass is 16.5. The van der Waals surface area contributed by atoms with E-state index < -0.39 is 12.0 Å². The van der Waals surface area contributed by atoms with Crippen molar-refractivity contribution in [2.24, 2.45) is 0 Å². The number of ether oxygens (including phenoxy) is 3. The summed E-state index contributed by atoms with van der Waals surface area (Å²) in [5, 5.41) is 5.51. The van der Waals surface area contributed by atoms with Gasteiger partial charge in [0.05, 0.1) is 25.8 Å². The van der Waals surface area contributed by atoms with E-state index in [1.54, 1.807) is 39.3 Å². The highest BCUT2D eigenvalue weighted by Gasteiger charge is 2.35. The minimum absolute atomic E-state index is 0.0826. The van der Waals surface area contributed by atoms with E-state index >= 15 is 0 Å². The van der Waals surface area contributed by atoms with E-state index in [-0.39, 0.29) is 12.1 Å². The van der Waals surface area contributed by atoms with Gasteiger partial charge in [0.15, 0.2) is 0 Å². The first-order valence-electron chi connectivity index (χ1n) is 9.74. The second-order valence-electron chi connectivity index (χ2n) is 7.20. The van der Waals surface area contributed by atoms with Gasteiger partial charge >= 0.3 is 12.0 Å². The number of methoxy groups -OCH3 is 2. The molecule has 2 amide bonds. The van der Waals surface area contributed by atoms with Crippen LogP contribution >= 0.6 is 0 Å². The molecule has 152 valence electrons. The van der Waals surface area contributed by atoms with Gasteiger partial charge in [-0.2, -0.15) is 0 Å². The van der Waals surface area contributed by atoms with Crippen LogP contribution in [0.5, 0.6) is 11.5 Å². The monoisotopic (exact) mass is 388 g/mol. The third kappa shape index (κ3) is 4.40. The summed E-state index contributed by atoms with van der Waals surface area (Å²) in [6.07, 6.45) is 6.17. The van der Waals surface area contributed by atoms with Crippen LogP contribution in [0.4, 0.5) is 4.79 Å². The first kappa shape index (κ1) is 20.0. The van der Waals surface area contributed by atoms with Crippen LogP contribution in [0.2, 0.25) is 0 Å². The fourth-order valence-corrected chi connectivity index (χ4v) is 3.84. The van der Waals surface area contributed by atoms with E-state index in [2.05, 4.69) is 10.6 Å². The van der Waals surface area contributed by atoms with E-state index in [1.807, 2.05) is 0 Å². The first-order chi connectivity index (χ1) is 13.5. The molecule has 2 aliphatic rings. The summed E-state index contributed by atoms with van der Waals surface area (Å²) in [6, 6.07) is 4.23. The Hall–Kier alpha value is -2.70. The molecule has 1 fully saturated rings. The second-order valence-corrected chi connectivity index (χ2v) is 7.20. The topological polar surface area (TPSA) is 85.9 Å². The third-order valence-electron chi connectivity index (χ3n) is 5.31. The van der Waals surface area contributed by atoms with Gasteiger partial charge in [-0.25, -0.2) is 9.59 Å². The molecule has 0 unspecified atom stereocenters. The van der Waals surface area contributed by atoms with Crippen molar-refractivity contribution in [2.45, 2.75) is 57.6 Å². The number of urea groups is 1. The molecule has 0 spiro atoms. The lowest BCUT2D eigenvalue weighted by molar-refractivity contribution is -0.145. The average Bonchev–Trinajstić information content (AvgIpc) is 2.95. The van der Waals surface area contributed by atoms with Crippen LogP contribution in [-0.4, -0.2) is 32.3 Å². The molecule has 1 aliphatic carbocycles.